The lowest BCUT2D eigenvalue weighted by atomic mass is 10.1. The summed E-state index contributed by atoms with van der Waals surface area (Å²) in [5.41, 5.74) is 6.85. The number of nitrogens with two attached hydrogens (primary N) is 1. The number of nitrogens with one attached hydrogen (secondary N) is 1. The van der Waals surface area contributed by atoms with Gasteiger partial charge in [-0.3, -0.25) is 9.36 Å². The van der Waals surface area contributed by atoms with Crippen molar-refractivity contribution in [2.24, 2.45) is 0 Å². The van der Waals surface area contributed by atoms with E-state index in [1.807, 2.05) is 0 Å². The minimum Gasteiger partial charge on any atom is -0.493 e. The van der Waals surface area contributed by atoms with Gasteiger partial charge in [0.2, 0.25) is 0 Å². The monoisotopic (exact) mass is 430 g/mol. The fourth-order valence-electron chi connectivity index (χ4n) is 3.46. The summed E-state index contributed by atoms with van der Waals surface area (Å²) in [7, 11) is 2.98. The number of anilines is 1. The van der Waals surface area contributed by atoms with Crippen LogP contribution in [0.25, 0.3) is 11.2 Å². The molecule has 12 nitrogen and oxygen atoms in total. The van der Waals surface area contributed by atoms with Crippen molar-refractivity contribution in [3.63, 3.8) is 0 Å². The molecule has 4 rings (SSSR count). The number of rotatable bonds is 6. The SMILES string of the molecule is COc1ccc(C(=O)NC[C@H]2O[C@@H](n3cnc4c(N)ncnc43)[C@H](O)[C@@H]2O)cc1OC. The molecule has 31 heavy (non-hydrogen) atoms. The number of carbonyl (C=O) groups excluding carboxylic acids is 1. The maximum atomic E-state index is 12.5. The van der Waals surface area contributed by atoms with Crippen molar-refractivity contribution >= 4 is 22.9 Å². The van der Waals surface area contributed by atoms with E-state index in [-0.39, 0.29) is 12.4 Å². The minimum absolute atomic E-state index is 0.0361. The van der Waals surface area contributed by atoms with E-state index in [4.69, 9.17) is 19.9 Å². The first-order valence-electron chi connectivity index (χ1n) is 9.39. The van der Waals surface area contributed by atoms with Gasteiger partial charge in [0.15, 0.2) is 29.2 Å². The second-order valence-electron chi connectivity index (χ2n) is 6.91. The van der Waals surface area contributed by atoms with Crippen LogP contribution in [0.1, 0.15) is 16.6 Å². The van der Waals surface area contributed by atoms with Crippen molar-refractivity contribution in [2.45, 2.75) is 24.5 Å². The van der Waals surface area contributed by atoms with Crippen molar-refractivity contribution in [3.05, 3.63) is 36.4 Å². The average molecular weight is 430 g/mol. The highest BCUT2D eigenvalue weighted by Gasteiger charge is 2.44. The highest BCUT2D eigenvalue weighted by atomic mass is 16.6. The second-order valence-corrected chi connectivity index (χ2v) is 6.91. The summed E-state index contributed by atoms with van der Waals surface area (Å²) < 4.78 is 17.6. The van der Waals surface area contributed by atoms with Crippen LogP contribution in [-0.4, -0.2) is 74.7 Å². The number of benzene rings is 1. The Morgan fingerprint density at radius 2 is 1.97 bits per heavy atom. The normalized spacial score (nSPS) is 23.1. The quantitative estimate of drug-likeness (QED) is 0.399. The van der Waals surface area contributed by atoms with Crippen LogP contribution in [0.4, 0.5) is 5.82 Å². The Balaban J connectivity index is 1.46. The Kier molecular flexibility index (Phi) is 5.59. The zero-order valence-corrected chi connectivity index (χ0v) is 16.8. The average Bonchev–Trinajstić information content (AvgIpc) is 3.33. The molecule has 1 saturated heterocycles. The number of hydrogen-bond acceptors (Lipinski definition) is 10. The van der Waals surface area contributed by atoms with Crippen LogP contribution >= 0.6 is 0 Å². The first kappa shape index (κ1) is 20.8. The van der Waals surface area contributed by atoms with E-state index in [2.05, 4.69) is 20.3 Å². The zero-order chi connectivity index (χ0) is 22.1. The van der Waals surface area contributed by atoms with Crippen molar-refractivity contribution < 1.29 is 29.2 Å². The lowest BCUT2D eigenvalue weighted by molar-refractivity contribution is -0.0337. The van der Waals surface area contributed by atoms with Gasteiger partial charge in [-0.25, -0.2) is 15.0 Å². The molecule has 0 bridgehead atoms. The number of amides is 1. The van der Waals surface area contributed by atoms with E-state index in [0.29, 0.717) is 28.2 Å². The summed E-state index contributed by atoms with van der Waals surface area (Å²) in [4.78, 5) is 24.7. The summed E-state index contributed by atoms with van der Waals surface area (Å²) in [5.74, 6) is 0.700. The maximum Gasteiger partial charge on any atom is 0.251 e. The Morgan fingerprint density at radius 3 is 2.71 bits per heavy atom. The molecule has 0 radical (unpaired) electrons. The third kappa shape index (κ3) is 3.71. The Hall–Kier alpha value is -3.48. The Bertz CT molecular complexity index is 1100. The summed E-state index contributed by atoms with van der Waals surface area (Å²) in [6.07, 6.45) is -1.66. The number of hydrogen-bond donors (Lipinski definition) is 4. The topological polar surface area (TPSA) is 167 Å². The number of aliphatic hydroxyl groups is 2. The number of aromatic nitrogens is 4. The smallest absolute Gasteiger partial charge is 0.251 e. The van der Waals surface area contributed by atoms with Crippen LogP contribution in [0.15, 0.2) is 30.9 Å². The second kappa shape index (κ2) is 8.34. The predicted octanol–water partition coefficient (Wildman–Crippen LogP) is -0.525. The lowest BCUT2D eigenvalue weighted by Gasteiger charge is -2.16. The predicted molar refractivity (Wildman–Crippen MR) is 108 cm³/mol. The third-order valence-electron chi connectivity index (χ3n) is 5.11. The van der Waals surface area contributed by atoms with Crippen LogP contribution in [0.3, 0.4) is 0 Å². The van der Waals surface area contributed by atoms with Gasteiger partial charge in [0.1, 0.15) is 30.2 Å². The van der Waals surface area contributed by atoms with E-state index in [1.54, 1.807) is 18.2 Å². The molecule has 0 spiro atoms. The summed E-state index contributed by atoms with van der Waals surface area (Å²) >= 11 is 0. The molecule has 1 aromatic carbocycles. The summed E-state index contributed by atoms with van der Waals surface area (Å²) in [5, 5.41) is 23.6. The zero-order valence-electron chi connectivity index (χ0n) is 16.8. The molecule has 5 N–H and O–H groups in total. The molecule has 2 aromatic heterocycles. The number of nitrogens with zero attached hydrogens (tertiary/aromatic N) is 4. The molecule has 1 fully saturated rings. The number of aliphatic hydroxyl groups excluding tert-OH is 2. The van der Waals surface area contributed by atoms with Crippen LogP contribution in [0, 0.1) is 0 Å². The van der Waals surface area contributed by atoms with E-state index < -0.39 is 30.4 Å². The standard InChI is InChI=1S/C19H22N6O6/c1-29-10-4-3-9(5-11(10)30-2)18(28)21-6-12-14(26)15(27)19(31-12)25-8-24-13-16(20)22-7-23-17(13)25/h3-5,7-8,12,14-15,19,26-27H,6H2,1-2H3,(H,21,28)(H2,20,22,23)/t12-,14-,15-,19-/m1/s1. The molecule has 0 saturated carbocycles. The molecule has 1 amide bonds. The largest absolute Gasteiger partial charge is 0.493 e. The van der Waals surface area contributed by atoms with Crippen LogP contribution in [-0.2, 0) is 4.74 Å². The van der Waals surface area contributed by atoms with Gasteiger partial charge in [0.05, 0.1) is 20.5 Å². The van der Waals surface area contributed by atoms with Crippen LogP contribution < -0.4 is 20.5 Å². The summed E-state index contributed by atoms with van der Waals surface area (Å²) in [6.45, 7) is -0.0361. The minimum atomic E-state index is -1.27. The van der Waals surface area contributed by atoms with Gasteiger partial charge >= 0.3 is 0 Å². The van der Waals surface area contributed by atoms with Crippen molar-refractivity contribution in [2.75, 3.05) is 26.5 Å². The number of ether oxygens (including phenoxy) is 3. The number of carbonyl (C=O) groups is 1. The van der Waals surface area contributed by atoms with Crippen molar-refractivity contribution in [1.29, 1.82) is 0 Å². The number of methoxy groups -OCH3 is 2. The number of imidazole rings is 1. The molecule has 0 unspecified atom stereocenters. The molecule has 3 heterocycles. The van der Waals surface area contributed by atoms with Crippen molar-refractivity contribution in [1.82, 2.24) is 24.8 Å². The molecule has 3 aromatic rings. The molecule has 1 aliphatic rings. The molecule has 0 aliphatic carbocycles. The maximum absolute atomic E-state index is 12.5. The lowest BCUT2D eigenvalue weighted by Crippen LogP contribution is -2.39. The molecule has 164 valence electrons. The van der Waals surface area contributed by atoms with Gasteiger partial charge in [0, 0.05) is 12.1 Å². The van der Waals surface area contributed by atoms with E-state index in [1.165, 1.54) is 31.4 Å². The van der Waals surface area contributed by atoms with Crippen LogP contribution in [0.5, 0.6) is 11.5 Å². The molecular formula is C19H22N6O6. The van der Waals surface area contributed by atoms with Crippen LogP contribution in [0.2, 0.25) is 0 Å². The van der Waals surface area contributed by atoms with E-state index in [9.17, 15) is 15.0 Å². The number of nitrogen functional groups attached to an aromatic ring is 1. The van der Waals surface area contributed by atoms with Crippen molar-refractivity contribution in [3.8, 4) is 11.5 Å². The Morgan fingerprint density at radius 1 is 1.19 bits per heavy atom. The fourth-order valence-corrected chi connectivity index (χ4v) is 3.46. The number of fused-ring (bicyclic) bond motifs is 1. The highest BCUT2D eigenvalue weighted by Crippen LogP contribution is 2.32. The van der Waals surface area contributed by atoms with E-state index in [0.717, 1.165) is 0 Å². The first-order chi connectivity index (χ1) is 14.9. The van der Waals surface area contributed by atoms with Gasteiger partial charge in [0.25, 0.3) is 5.91 Å². The highest BCUT2D eigenvalue weighted by molar-refractivity contribution is 5.94. The molecular weight excluding hydrogens is 408 g/mol. The molecule has 1 aliphatic heterocycles. The third-order valence-corrected chi connectivity index (χ3v) is 5.11. The first-order valence-corrected chi connectivity index (χ1v) is 9.39. The molecule has 4 atom stereocenters. The van der Waals surface area contributed by atoms with E-state index >= 15 is 0 Å². The fraction of sp³-hybridized carbons (Fsp3) is 0.368. The summed E-state index contributed by atoms with van der Waals surface area (Å²) in [6, 6.07) is 4.74. The van der Waals surface area contributed by atoms with Gasteiger partial charge in [-0.05, 0) is 18.2 Å². The van der Waals surface area contributed by atoms with Gasteiger partial charge in [-0.2, -0.15) is 0 Å². The van der Waals surface area contributed by atoms with Gasteiger partial charge < -0.3 is 35.5 Å². The molecule has 12 heteroatoms. The van der Waals surface area contributed by atoms with Gasteiger partial charge in [-0.1, -0.05) is 0 Å². The Labute approximate surface area is 176 Å². The van der Waals surface area contributed by atoms with Gasteiger partial charge in [-0.15, -0.1) is 0 Å².